The Morgan fingerprint density at radius 2 is 2.11 bits per heavy atom. The van der Waals surface area contributed by atoms with Crippen molar-refractivity contribution in [3.05, 3.63) is 23.9 Å². The van der Waals surface area contributed by atoms with Crippen molar-refractivity contribution in [3.63, 3.8) is 0 Å². The Morgan fingerprint density at radius 1 is 1.44 bits per heavy atom. The predicted octanol–water partition coefficient (Wildman–Crippen LogP) is 1.60. The number of nitrogens with two attached hydrogens (primary N) is 1. The maximum Gasteiger partial charge on any atom is 0.129 e. The average molecular weight is 249 g/mol. The van der Waals surface area contributed by atoms with E-state index >= 15 is 0 Å². The molecule has 1 aliphatic rings. The molecule has 0 amide bonds. The first-order valence-electron chi connectivity index (χ1n) is 6.67. The molecule has 0 unspecified atom stereocenters. The lowest BCUT2D eigenvalue weighted by Crippen LogP contribution is -2.44. The van der Waals surface area contributed by atoms with Crippen LogP contribution in [0.4, 0.5) is 5.82 Å². The van der Waals surface area contributed by atoms with Gasteiger partial charge in [0.1, 0.15) is 5.82 Å². The van der Waals surface area contributed by atoms with Crippen molar-refractivity contribution >= 4 is 5.82 Å². The van der Waals surface area contributed by atoms with Crippen LogP contribution in [0, 0.1) is 5.92 Å². The van der Waals surface area contributed by atoms with Gasteiger partial charge >= 0.3 is 0 Å². The highest BCUT2D eigenvalue weighted by atomic mass is 16.3. The van der Waals surface area contributed by atoms with Gasteiger partial charge in [-0.2, -0.15) is 0 Å². The van der Waals surface area contributed by atoms with Crippen LogP contribution in [0.1, 0.15) is 32.3 Å². The van der Waals surface area contributed by atoms with E-state index < -0.39 is 5.60 Å². The molecular weight excluding hydrogens is 226 g/mol. The van der Waals surface area contributed by atoms with Gasteiger partial charge in [0.15, 0.2) is 0 Å². The van der Waals surface area contributed by atoms with Crippen LogP contribution in [0.3, 0.4) is 0 Å². The minimum absolute atomic E-state index is 0.456. The van der Waals surface area contributed by atoms with Gasteiger partial charge < -0.3 is 15.7 Å². The molecule has 3 N–H and O–H groups in total. The standard InChI is InChI=1S/C14H23N3O/c1-11(2)10-17-8-5-14(18,6-9-17)12-4-3-7-16-13(12)15/h3-4,7,11,18H,5-6,8-10H2,1-2H3,(H2,15,16). The fourth-order valence-electron chi connectivity index (χ4n) is 2.70. The van der Waals surface area contributed by atoms with Crippen molar-refractivity contribution in [2.24, 2.45) is 5.92 Å². The second-order valence-electron chi connectivity index (χ2n) is 5.66. The van der Waals surface area contributed by atoms with E-state index in [-0.39, 0.29) is 0 Å². The van der Waals surface area contributed by atoms with Crippen molar-refractivity contribution in [2.45, 2.75) is 32.3 Å². The molecule has 1 fully saturated rings. The fraction of sp³-hybridized carbons (Fsp3) is 0.643. The van der Waals surface area contributed by atoms with Gasteiger partial charge in [-0.05, 0) is 24.8 Å². The second kappa shape index (κ2) is 5.24. The van der Waals surface area contributed by atoms with Crippen LogP contribution in [0.2, 0.25) is 0 Å². The minimum Gasteiger partial charge on any atom is -0.385 e. The van der Waals surface area contributed by atoms with Crippen LogP contribution in [0.5, 0.6) is 0 Å². The predicted molar refractivity (Wildman–Crippen MR) is 73.1 cm³/mol. The van der Waals surface area contributed by atoms with Crippen molar-refractivity contribution in [3.8, 4) is 0 Å². The first-order chi connectivity index (χ1) is 8.51. The van der Waals surface area contributed by atoms with Crippen molar-refractivity contribution in [1.29, 1.82) is 0 Å². The number of hydrogen-bond donors (Lipinski definition) is 2. The van der Waals surface area contributed by atoms with Crippen molar-refractivity contribution in [2.75, 3.05) is 25.4 Å². The number of piperidine rings is 1. The van der Waals surface area contributed by atoms with Gasteiger partial charge in [0, 0.05) is 31.4 Å². The molecule has 0 bridgehead atoms. The van der Waals surface area contributed by atoms with Gasteiger partial charge in [-0.1, -0.05) is 19.9 Å². The zero-order valence-corrected chi connectivity index (χ0v) is 11.3. The number of rotatable bonds is 3. The Hall–Kier alpha value is -1.13. The first-order valence-corrected chi connectivity index (χ1v) is 6.67. The molecule has 2 rings (SSSR count). The van der Waals surface area contributed by atoms with Gasteiger partial charge in [-0.15, -0.1) is 0 Å². The van der Waals surface area contributed by atoms with Crippen LogP contribution in [0.15, 0.2) is 18.3 Å². The van der Waals surface area contributed by atoms with Gasteiger partial charge in [-0.3, -0.25) is 0 Å². The number of likely N-dealkylation sites (tertiary alicyclic amines) is 1. The van der Waals surface area contributed by atoms with Crippen molar-refractivity contribution < 1.29 is 5.11 Å². The Labute approximate surface area is 109 Å². The van der Waals surface area contributed by atoms with E-state index in [2.05, 4.69) is 23.7 Å². The Morgan fingerprint density at radius 3 is 2.67 bits per heavy atom. The maximum absolute atomic E-state index is 10.7. The van der Waals surface area contributed by atoms with Crippen LogP contribution in [0.25, 0.3) is 0 Å². The summed E-state index contributed by atoms with van der Waals surface area (Å²) >= 11 is 0. The van der Waals surface area contributed by atoms with Crippen molar-refractivity contribution in [1.82, 2.24) is 9.88 Å². The molecule has 0 aliphatic carbocycles. The third kappa shape index (κ3) is 2.82. The van der Waals surface area contributed by atoms with E-state index in [0.717, 1.165) is 38.0 Å². The lowest BCUT2D eigenvalue weighted by Gasteiger charge is -2.39. The van der Waals surface area contributed by atoms with Gasteiger partial charge in [0.25, 0.3) is 0 Å². The molecule has 100 valence electrons. The van der Waals surface area contributed by atoms with E-state index in [0.29, 0.717) is 11.7 Å². The van der Waals surface area contributed by atoms with Crippen LogP contribution in [-0.4, -0.2) is 34.6 Å². The molecule has 0 aromatic carbocycles. The summed E-state index contributed by atoms with van der Waals surface area (Å²) in [7, 11) is 0. The van der Waals surface area contributed by atoms with E-state index in [1.54, 1.807) is 6.20 Å². The number of anilines is 1. The maximum atomic E-state index is 10.7. The summed E-state index contributed by atoms with van der Waals surface area (Å²) in [5.74, 6) is 1.12. The molecule has 0 spiro atoms. The second-order valence-corrected chi connectivity index (χ2v) is 5.66. The van der Waals surface area contributed by atoms with Gasteiger partial charge in [0.2, 0.25) is 0 Å². The van der Waals surface area contributed by atoms with Gasteiger partial charge in [0.05, 0.1) is 5.60 Å². The lowest BCUT2D eigenvalue weighted by atomic mass is 9.84. The summed E-state index contributed by atoms with van der Waals surface area (Å²) in [6.45, 7) is 7.38. The summed E-state index contributed by atoms with van der Waals surface area (Å²) in [5, 5.41) is 10.7. The highest BCUT2D eigenvalue weighted by molar-refractivity contribution is 5.43. The summed E-state index contributed by atoms with van der Waals surface area (Å²) in [6.07, 6.45) is 3.13. The molecule has 18 heavy (non-hydrogen) atoms. The van der Waals surface area contributed by atoms with Crippen LogP contribution < -0.4 is 5.73 Å². The van der Waals surface area contributed by atoms with E-state index in [4.69, 9.17) is 5.73 Å². The normalized spacial score (nSPS) is 20.2. The molecule has 0 saturated carbocycles. The molecule has 1 aromatic heterocycles. The number of aromatic nitrogens is 1. The third-order valence-corrected chi connectivity index (χ3v) is 3.65. The molecule has 1 aliphatic heterocycles. The van der Waals surface area contributed by atoms with Gasteiger partial charge in [-0.25, -0.2) is 4.98 Å². The molecule has 2 heterocycles. The smallest absolute Gasteiger partial charge is 0.129 e. The number of nitrogens with zero attached hydrogens (tertiary/aromatic N) is 2. The Kier molecular flexibility index (Phi) is 3.88. The van der Waals surface area contributed by atoms with E-state index in [1.165, 1.54) is 0 Å². The number of nitrogen functional groups attached to an aromatic ring is 1. The monoisotopic (exact) mass is 249 g/mol. The highest BCUT2D eigenvalue weighted by Gasteiger charge is 2.35. The first kappa shape index (κ1) is 13.3. The number of hydrogen-bond acceptors (Lipinski definition) is 4. The largest absolute Gasteiger partial charge is 0.385 e. The lowest BCUT2D eigenvalue weighted by molar-refractivity contribution is -0.0275. The SMILES string of the molecule is CC(C)CN1CCC(O)(c2cccnc2N)CC1. The van der Waals surface area contributed by atoms with Crippen LogP contribution in [-0.2, 0) is 5.60 Å². The molecule has 0 atom stereocenters. The Bertz CT molecular complexity index is 398. The molecule has 1 saturated heterocycles. The van der Waals surface area contributed by atoms with E-state index in [1.807, 2.05) is 12.1 Å². The molecule has 0 radical (unpaired) electrons. The zero-order chi connectivity index (χ0) is 13.2. The summed E-state index contributed by atoms with van der Waals surface area (Å²) in [5.41, 5.74) is 5.85. The topological polar surface area (TPSA) is 62.4 Å². The summed E-state index contributed by atoms with van der Waals surface area (Å²) in [6, 6.07) is 3.73. The quantitative estimate of drug-likeness (QED) is 0.854. The average Bonchev–Trinajstić information content (AvgIpc) is 2.32. The highest BCUT2D eigenvalue weighted by Crippen LogP contribution is 2.35. The van der Waals surface area contributed by atoms with Crippen LogP contribution >= 0.6 is 0 Å². The third-order valence-electron chi connectivity index (χ3n) is 3.65. The molecule has 1 aromatic rings. The number of aliphatic hydroxyl groups is 1. The van der Waals surface area contributed by atoms with E-state index in [9.17, 15) is 5.11 Å². The molecule has 4 nitrogen and oxygen atoms in total. The Balaban J connectivity index is 2.05. The fourth-order valence-corrected chi connectivity index (χ4v) is 2.70. The summed E-state index contributed by atoms with van der Waals surface area (Å²) in [4.78, 5) is 6.48. The molecular formula is C14H23N3O. The molecule has 4 heteroatoms. The number of pyridine rings is 1. The zero-order valence-electron chi connectivity index (χ0n) is 11.3. The minimum atomic E-state index is -0.800. The summed E-state index contributed by atoms with van der Waals surface area (Å²) < 4.78 is 0.